The van der Waals surface area contributed by atoms with E-state index in [1.165, 1.54) is 0 Å². The summed E-state index contributed by atoms with van der Waals surface area (Å²) in [6.07, 6.45) is 1.70. The third-order valence-corrected chi connectivity index (χ3v) is 2.65. The van der Waals surface area contributed by atoms with Crippen molar-refractivity contribution in [3.8, 4) is 11.5 Å². The van der Waals surface area contributed by atoms with E-state index in [4.69, 9.17) is 10.2 Å². The number of furan rings is 1. The van der Waals surface area contributed by atoms with Gasteiger partial charge in [0.15, 0.2) is 5.76 Å². The van der Waals surface area contributed by atoms with Crippen molar-refractivity contribution in [2.75, 3.05) is 5.73 Å². The summed E-state index contributed by atoms with van der Waals surface area (Å²) in [6.45, 7) is 1.93. The van der Waals surface area contributed by atoms with Gasteiger partial charge in [-0.25, -0.2) is 9.97 Å². The summed E-state index contributed by atoms with van der Waals surface area (Å²) in [5.41, 5.74) is 8.13. The third-order valence-electron chi connectivity index (χ3n) is 2.65. The second-order valence-corrected chi connectivity index (χ2v) is 3.91. The van der Waals surface area contributed by atoms with Gasteiger partial charge in [0.25, 0.3) is 0 Å². The molecule has 0 amide bonds. The number of nitrogen functional groups attached to an aromatic ring is 1. The van der Waals surface area contributed by atoms with Gasteiger partial charge in [-0.3, -0.25) is 0 Å². The van der Waals surface area contributed by atoms with Crippen molar-refractivity contribution in [2.24, 2.45) is 0 Å². The Morgan fingerprint density at radius 3 is 2.88 bits per heavy atom. The van der Waals surface area contributed by atoms with E-state index in [-0.39, 0.29) is 5.95 Å². The van der Waals surface area contributed by atoms with E-state index in [1.807, 2.05) is 37.3 Å². The first kappa shape index (κ1) is 9.84. The summed E-state index contributed by atoms with van der Waals surface area (Å²) in [5, 5.41) is 1.05. The summed E-state index contributed by atoms with van der Waals surface area (Å²) >= 11 is 0. The predicted molar refractivity (Wildman–Crippen MR) is 66.4 cm³/mol. The lowest BCUT2D eigenvalue weighted by molar-refractivity contribution is 0.628. The third kappa shape index (κ3) is 1.63. The molecule has 2 heterocycles. The van der Waals surface area contributed by atoms with Crippen LogP contribution in [0.5, 0.6) is 0 Å². The topological polar surface area (TPSA) is 64.9 Å². The number of anilines is 1. The van der Waals surface area contributed by atoms with Crippen LogP contribution >= 0.6 is 0 Å². The maximum absolute atomic E-state index is 5.74. The summed E-state index contributed by atoms with van der Waals surface area (Å²) in [5.74, 6) is 0.976. The molecule has 0 aliphatic carbocycles. The molecule has 17 heavy (non-hydrogen) atoms. The van der Waals surface area contributed by atoms with E-state index >= 15 is 0 Å². The van der Waals surface area contributed by atoms with Crippen LogP contribution in [0.15, 0.2) is 40.9 Å². The van der Waals surface area contributed by atoms with Gasteiger partial charge in [0, 0.05) is 11.6 Å². The van der Waals surface area contributed by atoms with Crippen molar-refractivity contribution in [1.82, 2.24) is 9.97 Å². The fourth-order valence-corrected chi connectivity index (χ4v) is 1.80. The van der Waals surface area contributed by atoms with E-state index in [1.54, 1.807) is 6.20 Å². The smallest absolute Gasteiger partial charge is 0.220 e. The van der Waals surface area contributed by atoms with E-state index in [2.05, 4.69) is 9.97 Å². The molecule has 0 aliphatic rings. The van der Waals surface area contributed by atoms with Gasteiger partial charge < -0.3 is 10.2 Å². The van der Waals surface area contributed by atoms with Crippen LogP contribution in [0.1, 0.15) is 5.56 Å². The number of benzene rings is 1. The molecule has 0 spiro atoms. The van der Waals surface area contributed by atoms with Gasteiger partial charge in [0.05, 0.1) is 0 Å². The Hall–Kier alpha value is -2.36. The van der Waals surface area contributed by atoms with Gasteiger partial charge in [-0.05, 0) is 24.6 Å². The molecule has 0 unspecified atom stereocenters. The summed E-state index contributed by atoms with van der Waals surface area (Å²) in [7, 11) is 0. The second-order valence-electron chi connectivity index (χ2n) is 3.91. The lowest BCUT2D eigenvalue weighted by atomic mass is 10.2. The Labute approximate surface area is 98.1 Å². The van der Waals surface area contributed by atoms with Crippen molar-refractivity contribution in [3.63, 3.8) is 0 Å². The van der Waals surface area contributed by atoms with Crippen molar-refractivity contribution >= 4 is 16.9 Å². The molecule has 0 bridgehead atoms. The van der Waals surface area contributed by atoms with Gasteiger partial charge in [-0.1, -0.05) is 18.2 Å². The molecule has 84 valence electrons. The maximum Gasteiger partial charge on any atom is 0.220 e. The molecule has 4 nitrogen and oxygen atoms in total. The highest BCUT2D eigenvalue weighted by Crippen LogP contribution is 2.28. The highest BCUT2D eigenvalue weighted by atomic mass is 16.3. The predicted octanol–water partition coefficient (Wildman–Crippen LogP) is 2.78. The molecular weight excluding hydrogens is 214 g/mol. The lowest BCUT2D eigenvalue weighted by Gasteiger charge is -2.00. The summed E-state index contributed by atoms with van der Waals surface area (Å²) in [6, 6.07) is 9.81. The molecule has 4 heteroatoms. The Kier molecular flexibility index (Phi) is 2.08. The number of aryl methyl sites for hydroxylation is 1. The van der Waals surface area contributed by atoms with E-state index in [0.717, 1.165) is 28.0 Å². The fourth-order valence-electron chi connectivity index (χ4n) is 1.80. The van der Waals surface area contributed by atoms with Crippen LogP contribution in [-0.4, -0.2) is 9.97 Å². The van der Waals surface area contributed by atoms with Crippen molar-refractivity contribution in [2.45, 2.75) is 6.92 Å². The van der Waals surface area contributed by atoms with Crippen LogP contribution in [0.25, 0.3) is 22.4 Å². The van der Waals surface area contributed by atoms with Crippen LogP contribution < -0.4 is 5.73 Å². The Balaban J connectivity index is 2.23. The number of rotatable bonds is 1. The molecule has 2 aromatic heterocycles. The average molecular weight is 225 g/mol. The molecule has 3 aromatic rings. The number of nitrogens with zero attached hydrogens (tertiary/aromatic N) is 2. The zero-order valence-corrected chi connectivity index (χ0v) is 9.34. The van der Waals surface area contributed by atoms with Crippen LogP contribution in [0.4, 0.5) is 5.95 Å². The first-order valence-corrected chi connectivity index (χ1v) is 5.32. The standard InChI is InChI=1S/C13H11N3O/c1-8-7-15-13(14)16-12(8)11-6-9-4-2-3-5-10(9)17-11/h2-7H,1H3,(H2,14,15,16). The van der Waals surface area contributed by atoms with Crippen molar-refractivity contribution in [1.29, 1.82) is 0 Å². The lowest BCUT2D eigenvalue weighted by Crippen LogP contribution is -1.97. The van der Waals surface area contributed by atoms with Gasteiger partial charge in [-0.15, -0.1) is 0 Å². The first-order chi connectivity index (χ1) is 8.24. The van der Waals surface area contributed by atoms with Crippen LogP contribution in [0.2, 0.25) is 0 Å². The zero-order chi connectivity index (χ0) is 11.8. The van der Waals surface area contributed by atoms with E-state index in [9.17, 15) is 0 Å². The number of fused-ring (bicyclic) bond motifs is 1. The molecule has 3 rings (SSSR count). The normalized spacial score (nSPS) is 10.9. The van der Waals surface area contributed by atoms with Crippen LogP contribution in [-0.2, 0) is 0 Å². The SMILES string of the molecule is Cc1cnc(N)nc1-c1cc2ccccc2o1. The largest absolute Gasteiger partial charge is 0.454 e. The number of hydrogen-bond acceptors (Lipinski definition) is 4. The molecular formula is C13H11N3O. The van der Waals surface area contributed by atoms with Crippen LogP contribution in [0, 0.1) is 6.92 Å². The Morgan fingerprint density at radius 1 is 1.24 bits per heavy atom. The maximum atomic E-state index is 5.74. The molecule has 2 N–H and O–H groups in total. The highest BCUT2D eigenvalue weighted by molar-refractivity contribution is 5.82. The molecule has 0 atom stereocenters. The van der Waals surface area contributed by atoms with Gasteiger partial charge in [-0.2, -0.15) is 0 Å². The Bertz CT molecular complexity index is 655. The van der Waals surface area contributed by atoms with E-state index < -0.39 is 0 Å². The monoisotopic (exact) mass is 225 g/mol. The van der Waals surface area contributed by atoms with Gasteiger partial charge in [0.2, 0.25) is 5.95 Å². The quantitative estimate of drug-likeness (QED) is 0.691. The van der Waals surface area contributed by atoms with E-state index in [0.29, 0.717) is 0 Å². The molecule has 0 saturated carbocycles. The number of aromatic nitrogens is 2. The Morgan fingerprint density at radius 2 is 2.06 bits per heavy atom. The summed E-state index contributed by atoms with van der Waals surface area (Å²) < 4.78 is 5.74. The minimum Gasteiger partial charge on any atom is -0.454 e. The summed E-state index contributed by atoms with van der Waals surface area (Å²) in [4.78, 5) is 8.15. The highest BCUT2D eigenvalue weighted by Gasteiger charge is 2.10. The fraction of sp³-hybridized carbons (Fsp3) is 0.0769. The number of hydrogen-bond donors (Lipinski definition) is 1. The molecule has 0 fully saturated rings. The van der Waals surface area contributed by atoms with Crippen molar-refractivity contribution in [3.05, 3.63) is 42.1 Å². The van der Waals surface area contributed by atoms with Crippen LogP contribution in [0.3, 0.4) is 0 Å². The first-order valence-electron chi connectivity index (χ1n) is 5.32. The van der Waals surface area contributed by atoms with Crippen molar-refractivity contribution < 1.29 is 4.42 Å². The second kappa shape index (κ2) is 3.59. The van der Waals surface area contributed by atoms with Gasteiger partial charge >= 0.3 is 0 Å². The number of nitrogens with two attached hydrogens (primary N) is 1. The zero-order valence-electron chi connectivity index (χ0n) is 9.34. The average Bonchev–Trinajstić information content (AvgIpc) is 2.75. The van der Waals surface area contributed by atoms with Gasteiger partial charge in [0.1, 0.15) is 11.3 Å². The molecule has 0 aliphatic heterocycles. The minimum absolute atomic E-state index is 0.256. The molecule has 1 aromatic carbocycles. The molecule has 0 radical (unpaired) electrons. The molecule has 0 saturated heterocycles. The number of para-hydroxylation sites is 1. The minimum atomic E-state index is 0.256.